The van der Waals surface area contributed by atoms with Crippen molar-refractivity contribution in [3.8, 4) is 5.75 Å². The van der Waals surface area contributed by atoms with Crippen LogP contribution in [0.5, 0.6) is 5.75 Å². The van der Waals surface area contributed by atoms with E-state index in [2.05, 4.69) is 14.5 Å². The van der Waals surface area contributed by atoms with Crippen molar-refractivity contribution in [2.75, 3.05) is 20.2 Å². The number of hydrogen-bond acceptors (Lipinski definition) is 3. The second-order valence-electron chi connectivity index (χ2n) is 5.76. The van der Waals surface area contributed by atoms with Crippen molar-refractivity contribution in [2.24, 2.45) is 7.05 Å². The molecule has 126 valence electrons. The number of hydrogen-bond donors (Lipinski definition) is 0. The molecule has 0 atom stereocenters. The summed E-state index contributed by atoms with van der Waals surface area (Å²) in [5.41, 5.74) is 1.96. The van der Waals surface area contributed by atoms with Gasteiger partial charge in [0.1, 0.15) is 24.0 Å². The molecule has 0 N–H and O–H groups in total. The Kier molecular flexibility index (Phi) is 5.02. The molecule has 0 saturated carbocycles. The molecule has 24 heavy (non-hydrogen) atoms. The number of likely N-dealkylation sites (N-methyl/N-ethyl adjacent to an activating group) is 1. The number of aryl methyl sites for hydroxylation is 1. The molecule has 6 heteroatoms. The lowest BCUT2D eigenvalue weighted by atomic mass is 10.3. The predicted molar refractivity (Wildman–Crippen MR) is 94.0 cm³/mol. The van der Waals surface area contributed by atoms with Crippen LogP contribution in [0.2, 0.25) is 5.02 Å². The molecule has 0 bridgehead atoms. The standard InChI is InChI=1S/C18H19ClFN3O/c1-22(9-10-24-15-6-4-14(20)5-7-15)12-18-21-16-11-13(19)3-8-17(16)23(18)2/h3-8,11H,9-10,12H2,1-2H3. The molecule has 0 aliphatic carbocycles. The second-order valence-corrected chi connectivity index (χ2v) is 6.20. The number of ether oxygens (including phenoxy) is 1. The number of rotatable bonds is 6. The highest BCUT2D eigenvalue weighted by molar-refractivity contribution is 6.31. The van der Waals surface area contributed by atoms with Crippen molar-refractivity contribution in [3.05, 3.63) is 59.1 Å². The zero-order valence-electron chi connectivity index (χ0n) is 13.7. The molecule has 0 radical (unpaired) electrons. The Labute approximate surface area is 145 Å². The Morgan fingerprint density at radius 1 is 1.21 bits per heavy atom. The van der Waals surface area contributed by atoms with Crippen molar-refractivity contribution in [3.63, 3.8) is 0 Å². The van der Waals surface area contributed by atoms with Crippen LogP contribution in [0.15, 0.2) is 42.5 Å². The van der Waals surface area contributed by atoms with Crippen molar-refractivity contribution in [1.82, 2.24) is 14.5 Å². The lowest BCUT2D eigenvalue weighted by Crippen LogP contribution is -2.25. The van der Waals surface area contributed by atoms with E-state index in [1.54, 1.807) is 12.1 Å². The van der Waals surface area contributed by atoms with Gasteiger partial charge in [0.15, 0.2) is 0 Å². The molecule has 4 nitrogen and oxygen atoms in total. The van der Waals surface area contributed by atoms with E-state index in [9.17, 15) is 4.39 Å². The summed E-state index contributed by atoms with van der Waals surface area (Å²) >= 11 is 6.02. The SMILES string of the molecule is CN(CCOc1ccc(F)cc1)Cc1nc2cc(Cl)ccc2n1C. The molecule has 3 rings (SSSR count). The van der Waals surface area contributed by atoms with E-state index < -0.39 is 0 Å². The smallest absolute Gasteiger partial charge is 0.123 e. The van der Waals surface area contributed by atoms with Crippen LogP contribution in [0.4, 0.5) is 4.39 Å². The second kappa shape index (κ2) is 7.20. The highest BCUT2D eigenvalue weighted by atomic mass is 35.5. The Hall–Kier alpha value is -2.11. The molecule has 1 aromatic heterocycles. The molecule has 1 heterocycles. The molecular formula is C18H19ClFN3O. The number of benzene rings is 2. The van der Waals surface area contributed by atoms with Gasteiger partial charge in [-0.15, -0.1) is 0 Å². The summed E-state index contributed by atoms with van der Waals surface area (Å²) in [6.45, 7) is 1.97. The number of aromatic nitrogens is 2. The topological polar surface area (TPSA) is 30.3 Å². The van der Waals surface area contributed by atoms with Crippen molar-refractivity contribution >= 4 is 22.6 Å². The monoisotopic (exact) mass is 347 g/mol. The molecular weight excluding hydrogens is 329 g/mol. The van der Waals surface area contributed by atoms with Gasteiger partial charge in [-0.05, 0) is 49.5 Å². The normalized spacial score (nSPS) is 11.4. The largest absolute Gasteiger partial charge is 0.492 e. The molecule has 0 fully saturated rings. The summed E-state index contributed by atoms with van der Waals surface area (Å²) in [6, 6.07) is 11.8. The Morgan fingerprint density at radius 3 is 2.71 bits per heavy atom. The molecule has 0 aliphatic heterocycles. The van der Waals surface area contributed by atoms with Crippen LogP contribution < -0.4 is 4.74 Å². The van der Waals surface area contributed by atoms with Gasteiger partial charge in [0, 0.05) is 18.6 Å². The van der Waals surface area contributed by atoms with Gasteiger partial charge in [-0.2, -0.15) is 0 Å². The molecule has 0 amide bonds. The van der Waals surface area contributed by atoms with Gasteiger partial charge >= 0.3 is 0 Å². The molecule has 0 spiro atoms. The maximum Gasteiger partial charge on any atom is 0.123 e. The van der Waals surface area contributed by atoms with Gasteiger partial charge in [-0.25, -0.2) is 9.37 Å². The van der Waals surface area contributed by atoms with Crippen LogP contribution in [-0.2, 0) is 13.6 Å². The Balaban J connectivity index is 1.57. The molecule has 0 unspecified atom stereocenters. The van der Waals surface area contributed by atoms with Crippen LogP contribution in [-0.4, -0.2) is 34.7 Å². The first kappa shape index (κ1) is 16.7. The minimum absolute atomic E-state index is 0.263. The lowest BCUT2D eigenvalue weighted by Gasteiger charge is -2.16. The van der Waals surface area contributed by atoms with Crippen LogP contribution in [0, 0.1) is 5.82 Å². The van der Waals surface area contributed by atoms with E-state index >= 15 is 0 Å². The minimum Gasteiger partial charge on any atom is -0.492 e. The number of fused-ring (bicyclic) bond motifs is 1. The Bertz CT molecular complexity index is 832. The van der Waals surface area contributed by atoms with Gasteiger partial charge in [0.2, 0.25) is 0 Å². The third-order valence-corrected chi connectivity index (χ3v) is 4.14. The van der Waals surface area contributed by atoms with Crippen LogP contribution in [0.3, 0.4) is 0 Å². The fourth-order valence-electron chi connectivity index (χ4n) is 2.53. The molecule has 2 aromatic carbocycles. The predicted octanol–water partition coefficient (Wildman–Crippen LogP) is 3.88. The maximum absolute atomic E-state index is 12.8. The first-order chi connectivity index (χ1) is 11.5. The third kappa shape index (κ3) is 3.86. The fourth-order valence-corrected chi connectivity index (χ4v) is 2.70. The summed E-state index contributed by atoms with van der Waals surface area (Å²) in [4.78, 5) is 6.77. The van der Waals surface area contributed by atoms with E-state index in [-0.39, 0.29) is 5.82 Å². The summed E-state index contributed by atoms with van der Waals surface area (Å²) < 4.78 is 20.5. The summed E-state index contributed by atoms with van der Waals surface area (Å²) in [5, 5.41) is 0.688. The van der Waals surface area contributed by atoms with Crippen LogP contribution in [0.1, 0.15) is 5.82 Å². The average molecular weight is 348 g/mol. The Morgan fingerprint density at radius 2 is 1.96 bits per heavy atom. The van der Waals surface area contributed by atoms with Crippen molar-refractivity contribution < 1.29 is 9.13 Å². The maximum atomic E-state index is 12.8. The lowest BCUT2D eigenvalue weighted by molar-refractivity contribution is 0.228. The quantitative estimate of drug-likeness (QED) is 0.678. The van der Waals surface area contributed by atoms with E-state index in [4.69, 9.17) is 16.3 Å². The van der Waals surface area contributed by atoms with Gasteiger partial charge < -0.3 is 9.30 Å². The summed E-state index contributed by atoms with van der Waals surface area (Å²) in [5.74, 6) is 1.38. The van der Waals surface area contributed by atoms with E-state index in [0.29, 0.717) is 23.9 Å². The van der Waals surface area contributed by atoms with Crippen LogP contribution >= 0.6 is 11.6 Å². The zero-order valence-corrected chi connectivity index (χ0v) is 14.4. The highest BCUT2D eigenvalue weighted by Crippen LogP contribution is 2.20. The average Bonchev–Trinajstić information content (AvgIpc) is 2.84. The van der Waals surface area contributed by atoms with Gasteiger partial charge in [0.25, 0.3) is 0 Å². The molecule has 0 aliphatic rings. The van der Waals surface area contributed by atoms with Crippen molar-refractivity contribution in [1.29, 1.82) is 0 Å². The minimum atomic E-state index is -0.263. The first-order valence-electron chi connectivity index (χ1n) is 7.71. The van der Waals surface area contributed by atoms with E-state index in [0.717, 1.165) is 23.4 Å². The van der Waals surface area contributed by atoms with Gasteiger partial charge in [0.05, 0.1) is 17.6 Å². The third-order valence-electron chi connectivity index (χ3n) is 3.90. The number of nitrogens with zero attached hydrogens (tertiary/aromatic N) is 3. The molecule has 0 saturated heterocycles. The van der Waals surface area contributed by atoms with Gasteiger partial charge in [-0.1, -0.05) is 11.6 Å². The van der Waals surface area contributed by atoms with Crippen molar-refractivity contribution in [2.45, 2.75) is 6.54 Å². The van der Waals surface area contributed by atoms with Gasteiger partial charge in [-0.3, -0.25) is 4.90 Å². The van der Waals surface area contributed by atoms with E-state index in [1.165, 1.54) is 12.1 Å². The van der Waals surface area contributed by atoms with E-state index in [1.807, 2.05) is 32.3 Å². The number of halogens is 2. The summed E-state index contributed by atoms with van der Waals surface area (Å²) in [6.07, 6.45) is 0. The van der Waals surface area contributed by atoms with Crippen LogP contribution in [0.25, 0.3) is 11.0 Å². The number of imidazole rings is 1. The molecule has 3 aromatic rings. The zero-order chi connectivity index (χ0) is 17.1. The fraction of sp³-hybridized carbons (Fsp3) is 0.278. The summed E-state index contributed by atoms with van der Waals surface area (Å²) in [7, 11) is 4.02. The highest BCUT2D eigenvalue weighted by Gasteiger charge is 2.10. The first-order valence-corrected chi connectivity index (χ1v) is 8.08.